The Hall–Kier alpha value is -0.420. The fraction of sp³-hybridized carbons (Fsp3) is 0.857. The molecule has 1 fully saturated rings. The van der Waals surface area contributed by atoms with E-state index in [4.69, 9.17) is 5.84 Å². The van der Waals surface area contributed by atoms with Crippen molar-refractivity contribution >= 4 is 17.7 Å². The molecule has 1 unspecified atom stereocenters. The van der Waals surface area contributed by atoms with Crippen LogP contribution < -0.4 is 16.6 Å². The van der Waals surface area contributed by atoms with E-state index in [1.807, 2.05) is 11.8 Å². The van der Waals surface area contributed by atoms with Crippen LogP contribution in [0.1, 0.15) is 6.42 Å². The van der Waals surface area contributed by atoms with Gasteiger partial charge in [-0.15, -0.1) is 0 Å². The van der Waals surface area contributed by atoms with E-state index in [-0.39, 0.29) is 0 Å². The summed E-state index contributed by atoms with van der Waals surface area (Å²) >= 11 is 2.02. The highest BCUT2D eigenvalue weighted by atomic mass is 32.2. The molecule has 5 heteroatoms. The fourth-order valence-corrected chi connectivity index (χ4v) is 2.46. The summed E-state index contributed by atoms with van der Waals surface area (Å²) in [5.74, 6) is 9.22. The predicted molar refractivity (Wildman–Crippen MR) is 54.1 cm³/mol. The summed E-state index contributed by atoms with van der Waals surface area (Å²) < 4.78 is 0. The van der Waals surface area contributed by atoms with Gasteiger partial charge in [-0.05, 0) is 23.8 Å². The topological polar surface area (TPSA) is 62.4 Å². The Morgan fingerprint density at radius 3 is 3.08 bits per heavy atom. The molecule has 0 aromatic carbocycles. The molecule has 0 aliphatic carbocycles. The molecule has 1 heterocycles. The van der Waals surface area contributed by atoms with E-state index < -0.39 is 0 Å². The van der Waals surface area contributed by atoms with E-state index in [9.17, 15) is 0 Å². The Balaban J connectivity index is 2.15. The largest absolute Gasteiger partial charge is 0.355 e. The number of nitrogens with zero attached hydrogens (tertiary/aromatic N) is 1. The molecule has 0 aromatic heterocycles. The van der Waals surface area contributed by atoms with Gasteiger partial charge in [0.25, 0.3) is 0 Å². The van der Waals surface area contributed by atoms with Crippen molar-refractivity contribution in [1.29, 1.82) is 0 Å². The quantitative estimate of drug-likeness (QED) is 0.243. The van der Waals surface area contributed by atoms with Gasteiger partial charge in [0.05, 0.1) is 0 Å². The standard InChI is InChI=1S/C7H16N4S/c1-9-7(11-8)10-4-6-2-3-12-5-6/h6H,2-5,8H2,1H3,(H2,9,10,11). The highest BCUT2D eigenvalue weighted by Crippen LogP contribution is 2.22. The summed E-state index contributed by atoms with van der Waals surface area (Å²) in [6, 6.07) is 0. The minimum absolute atomic E-state index is 0.673. The van der Waals surface area contributed by atoms with Crippen molar-refractivity contribution in [2.45, 2.75) is 6.42 Å². The molecule has 1 atom stereocenters. The van der Waals surface area contributed by atoms with E-state index in [0.29, 0.717) is 5.96 Å². The summed E-state index contributed by atoms with van der Waals surface area (Å²) in [6.07, 6.45) is 1.30. The number of aliphatic imine (C=N–C) groups is 1. The van der Waals surface area contributed by atoms with Gasteiger partial charge in [0.2, 0.25) is 5.96 Å². The van der Waals surface area contributed by atoms with Crippen molar-refractivity contribution in [1.82, 2.24) is 10.7 Å². The van der Waals surface area contributed by atoms with Crippen LogP contribution in [0.3, 0.4) is 0 Å². The molecule has 0 saturated carbocycles. The van der Waals surface area contributed by atoms with E-state index in [2.05, 4.69) is 15.7 Å². The molecule has 4 nitrogen and oxygen atoms in total. The summed E-state index contributed by atoms with van der Waals surface area (Å²) in [6.45, 7) is 0.976. The van der Waals surface area contributed by atoms with Crippen LogP contribution in [0.5, 0.6) is 0 Å². The molecular formula is C7H16N4S. The van der Waals surface area contributed by atoms with Crippen LogP contribution in [0.15, 0.2) is 4.99 Å². The van der Waals surface area contributed by atoms with E-state index in [1.165, 1.54) is 17.9 Å². The first-order valence-electron chi connectivity index (χ1n) is 4.12. The van der Waals surface area contributed by atoms with Crippen molar-refractivity contribution in [3.63, 3.8) is 0 Å². The lowest BCUT2D eigenvalue weighted by molar-refractivity contribution is 0.575. The number of hydrogen-bond donors (Lipinski definition) is 3. The van der Waals surface area contributed by atoms with Crippen LogP contribution in [0.4, 0.5) is 0 Å². The Bertz CT molecular complexity index is 153. The van der Waals surface area contributed by atoms with Gasteiger partial charge < -0.3 is 5.32 Å². The highest BCUT2D eigenvalue weighted by molar-refractivity contribution is 7.99. The number of thioether (sulfide) groups is 1. The van der Waals surface area contributed by atoms with E-state index in [0.717, 1.165) is 12.5 Å². The third-order valence-electron chi connectivity index (χ3n) is 1.94. The number of nitrogens with one attached hydrogen (secondary N) is 2. The third-order valence-corrected chi connectivity index (χ3v) is 3.17. The van der Waals surface area contributed by atoms with Crippen molar-refractivity contribution < 1.29 is 0 Å². The summed E-state index contributed by atoms with van der Waals surface area (Å²) in [5.41, 5.74) is 2.51. The lowest BCUT2D eigenvalue weighted by Gasteiger charge is -2.11. The highest BCUT2D eigenvalue weighted by Gasteiger charge is 2.14. The van der Waals surface area contributed by atoms with Crippen LogP contribution >= 0.6 is 11.8 Å². The Morgan fingerprint density at radius 1 is 1.75 bits per heavy atom. The Kier molecular flexibility index (Phi) is 4.24. The van der Waals surface area contributed by atoms with Gasteiger partial charge in [0.15, 0.2) is 0 Å². The van der Waals surface area contributed by atoms with Crippen molar-refractivity contribution in [3.05, 3.63) is 0 Å². The second kappa shape index (κ2) is 5.27. The van der Waals surface area contributed by atoms with Gasteiger partial charge in [-0.1, -0.05) is 0 Å². The van der Waals surface area contributed by atoms with Gasteiger partial charge in [0.1, 0.15) is 0 Å². The van der Waals surface area contributed by atoms with Crippen LogP contribution in [-0.2, 0) is 0 Å². The van der Waals surface area contributed by atoms with Gasteiger partial charge in [-0.2, -0.15) is 11.8 Å². The molecule has 0 spiro atoms. The first kappa shape index (κ1) is 9.67. The molecule has 1 rings (SSSR count). The molecule has 0 bridgehead atoms. The van der Waals surface area contributed by atoms with Crippen LogP contribution in [0, 0.1) is 5.92 Å². The maximum atomic E-state index is 5.22. The third kappa shape index (κ3) is 2.91. The van der Waals surface area contributed by atoms with Crippen LogP contribution in [0.25, 0.3) is 0 Å². The lowest BCUT2D eigenvalue weighted by atomic mass is 10.1. The first-order chi connectivity index (χ1) is 5.86. The zero-order valence-electron chi connectivity index (χ0n) is 7.34. The normalized spacial score (nSPS) is 24.2. The predicted octanol–water partition coefficient (Wildman–Crippen LogP) is -0.222. The van der Waals surface area contributed by atoms with Crippen molar-refractivity contribution in [3.8, 4) is 0 Å². The summed E-state index contributed by atoms with van der Waals surface area (Å²) in [7, 11) is 1.71. The average molecular weight is 188 g/mol. The first-order valence-corrected chi connectivity index (χ1v) is 5.27. The number of hydrazine groups is 1. The van der Waals surface area contributed by atoms with E-state index >= 15 is 0 Å². The van der Waals surface area contributed by atoms with Gasteiger partial charge in [-0.3, -0.25) is 10.4 Å². The Morgan fingerprint density at radius 2 is 2.58 bits per heavy atom. The molecule has 0 radical (unpaired) electrons. The van der Waals surface area contributed by atoms with E-state index in [1.54, 1.807) is 7.05 Å². The average Bonchev–Trinajstić information content (AvgIpc) is 2.59. The molecule has 70 valence electrons. The molecule has 1 aliphatic heterocycles. The Labute approximate surface area is 77.4 Å². The van der Waals surface area contributed by atoms with Gasteiger partial charge >= 0.3 is 0 Å². The maximum absolute atomic E-state index is 5.22. The number of guanidine groups is 1. The molecule has 12 heavy (non-hydrogen) atoms. The number of hydrogen-bond acceptors (Lipinski definition) is 3. The molecule has 1 saturated heterocycles. The number of nitrogens with two attached hydrogens (primary N) is 1. The molecule has 4 N–H and O–H groups in total. The second-order valence-electron chi connectivity index (χ2n) is 2.83. The minimum atomic E-state index is 0.673. The minimum Gasteiger partial charge on any atom is -0.355 e. The molecule has 0 amide bonds. The molecule has 0 aromatic rings. The lowest BCUT2D eigenvalue weighted by Crippen LogP contribution is -2.43. The zero-order valence-corrected chi connectivity index (χ0v) is 8.16. The smallest absolute Gasteiger partial charge is 0.205 e. The fourth-order valence-electron chi connectivity index (χ4n) is 1.18. The monoisotopic (exact) mass is 188 g/mol. The molecule has 1 aliphatic rings. The van der Waals surface area contributed by atoms with Crippen LogP contribution in [0.2, 0.25) is 0 Å². The number of rotatable bonds is 2. The second-order valence-corrected chi connectivity index (χ2v) is 3.98. The summed E-state index contributed by atoms with van der Waals surface area (Å²) in [5, 5.41) is 3.16. The van der Waals surface area contributed by atoms with Gasteiger partial charge in [0, 0.05) is 13.6 Å². The maximum Gasteiger partial charge on any atom is 0.205 e. The summed E-state index contributed by atoms with van der Waals surface area (Å²) in [4.78, 5) is 3.93. The zero-order chi connectivity index (χ0) is 8.81. The van der Waals surface area contributed by atoms with Crippen LogP contribution in [-0.4, -0.2) is 31.1 Å². The molecular weight excluding hydrogens is 172 g/mol. The van der Waals surface area contributed by atoms with Gasteiger partial charge in [-0.25, -0.2) is 5.84 Å². The van der Waals surface area contributed by atoms with Crippen molar-refractivity contribution in [2.24, 2.45) is 16.8 Å². The SMILES string of the molecule is CN=C(NN)NCC1CCSC1. The van der Waals surface area contributed by atoms with Crippen molar-refractivity contribution in [2.75, 3.05) is 25.1 Å².